The third-order valence-corrected chi connectivity index (χ3v) is 4.00. The SMILES string of the molecule is Cc1ccc2cccc(NCCCOC(=O)N(C)C(C)(C)C)c2n1. The van der Waals surface area contributed by atoms with Crippen LogP contribution in [-0.2, 0) is 4.74 Å². The standard InChI is InChI=1S/C19H27N3O2/c1-14-10-11-15-8-6-9-16(17(15)21-14)20-12-7-13-24-18(23)22(5)19(2,3)4/h6,8-11,20H,7,12-13H2,1-5H3. The van der Waals surface area contributed by atoms with E-state index >= 15 is 0 Å². The van der Waals surface area contributed by atoms with E-state index in [9.17, 15) is 4.79 Å². The second-order valence-electron chi connectivity index (χ2n) is 6.95. The number of anilines is 1. The van der Waals surface area contributed by atoms with Gasteiger partial charge in [0.2, 0.25) is 0 Å². The summed E-state index contributed by atoms with van der Waals surface area (Å²) < 4.78 is 5.31. The molecule has 0 bridgehead atoms. The third-order valence-electron chi connectivity index (χ3n) is 4.00. The Kier molecular flexibility index (Phi) is 5.65. The van der Waals surface area contributed by atoms with Gasteiger partial charge in [0.25, 0.3) is 0 Å². The number of rotatable bonds is 5. The van der Waals surface area contributed by atoms with E-state index in [1.807, 2.05) is 45.9 Å². The number of benzene rings is 1. The van der Waals surface area contributed by atoms with Crippen LogP contribution in [0, 0.1) is 6.92 Å². The Morgan fingerprint density at radius 1 is 1.25 bits per heavy atom. The minimum absolute atomic E-state index is 0.234. The summed E-state index contributed by atoms with van der Waals surface area (Å²) in [4.78, 5) is 18.1. The van der Waals surface area contributed by atoms with E-state index in [1.54, 1.807) is 11.9 Å². The van der Waals surface area contributed by atoms with Crippen LogP contribution in [0.2, 0.25) is 0 Å². The smallest absolute Gasteiger partial charge is 0.409 e. The van der Waals surface area contributed by atoms with Crippen molar-refractivity contribution in [1.82, 2.24) is 9.88 Å². The van der Waals surface area contributed by atoms with Gasteiger partial charge in [-0.05, 0) is 46.2 Å². The molecule has 0 spiro atoms. The fourth-order valence-electron chi connectivity index (χ4n) is 2.21. The van der Waals surface area contributed by atoms with E-state index in [0.717, 1.165) is 35.2 Å². The first-order valence-electron chi connectivity index (χ1n) is 8.30. The zero-order valence-corrected chi connectivity index (χ0v) is 15.2. The van der Waals surface area contributed by atoms with Crippen molar-refractivity contribution >= 4 is 22.7 Å². The Morgan fingerprint density at radius 3 is 2.71 bits per heavy atom. The molecule has 0 fully saturated rings. The summed E-state index contributed by atoms with van der Waals surface area (Å²) in [5.74, 6) is 0. The molecule has 0 radical (unpaired) electrons. The molecule has 0 atom stereocenters. The van der Waals surface area contributed by atoms with Gasteiger partial charge in [-0.15, -0.1) is 0 Å². The zero-order chi connectivity index (χ0) is 17.7. The van der Waals surface area contributed by atoms with Crippen molar-refractivity contribution in [2.75, 3.05) is 25.5 Å². The largest absolute Gasteiger partial charge is 0.449 e. The minimum Gasteiger partial charge on any atom is -0.449 e. The number of carbonyl (C=O) groups excluding carboxylic acids is 1. The molecular formula is C19H27N3O2. The van der Waals surface area contributed by atoms with Crippen molar-refractivity contribution in [3.8, 4) is 0 Å². The van der Waals surface area contributed by atoms with Gasteiger partial charge in [0.05, 0.1) is 17.8 Å². The maximum absolute atomic E-state index is 11.9. The molecule has 0 saturated heterocycles. The van der Waals surface area contributed by atoms with E-state index in [1.165, 1.54) is 0 Å². The molecule has 5 nitrogen and oxygen atoms in total. The van der Waals surface area contributed by atoms with Crippen molar-refractivity contribution in [2.24, 2.45) is 0 Å². The van der Waals surface area contributed by atoms with Crippen molar-refractivity contribution in [3.63, 3.8) is 0 Å². The number of hydrogen-bond acceptors (Lipinski definition) is 4. The fraction of sp³-hybridized carbons (Fsp3) is 0.474. The van der Waals surface area contributed by atoms with Crippen LogP contribution in [0.3, 0.4) is 0 Å². The average molecular weight is 329 g/mol. The predicted molar refractivity (Wildman–Crippen MR) is 98.5 cm³/mol. The molecule has 130 valence electrons. The first kappa shape index (κ1) is 18.0. The number of ether oxygens (including phenoxy) is 1. The van der Waals surface area contributed by atoms with Gasteiger partial charge in [0, 0.05) is 30.2 Å². The van der Waals surface area contributed by atoms with Crippen LogP contribution < -0.4 is 5.32 Å². The van der Waals surface area contributed by atoms with E-state index < -0.39 is 0 Å². The highest BCUT2D eigenvalue weighted by Crippen LogP contribution is 2.21. The molecule has 1 N–H and O–H groups in total. The van der Waals surface area contributed by atoms with E-state index in [4.69, 9.17) is 4.74 Å². The van der Waals surface area contributed by atoms with E-state index in [-0.39, 0.29) is 11.6 Å². The number of aromatic nitrogens is 1. The molecule has 1 aromatic carbocycles. The van der Waals surface area contributed by atoms with Gasteiger partial charge in [0.15, 0.2) is 0 Å². The molecule has 24 heavy (non-hydrogen) atoms. The van der Waals surface area contributed by atoms with Crippen LogP contribution in [0.15, 0.2) is 30.3 Å². The van der Waals surface area contributed by atoms with Gasteiger partial charge in [0.1, 0.15) is 0 Å². The highest BCUT2D eigenvalue weighted by atomic mass is 16.6. The molecular weight excluding hydrogens is 302 g/mol. The molecule has 0 unspecified atom stereocenters. The van der Waals surface area contributed by atoms with Crippen molar-refractivity contribution in [1.29, 1.82) is 0 Å². The highest BCUT2D eigenvalue weighted by Gasteiger charge is 2.23. The molecule has 2 aromatic rings. The summed E-state index contributed by atoms with van der Waals surface area (Å²) in [6, 6.07) is 10.2. The van der Waals surface area contributed by atoms with Crippen LogP contribution in [0.5, 0.6) is 0 Å². The number of amides is 1. The summed E-state index contributed by atoms with van der Waals surface area (Å²) >= 11 is 0. The molecule has 1 amide bonds. The second kappa shape index (κ2) is 7.51. The maximum atomic E-state index is 11.9. The fourth-order valence-corrected chi connectivity index (χ4v) is 2.21. The second-order valence-corrected chi connectivity index (χ2v) is 6.95. The molecule has 1 aromatic heterocycles. The van der Waals surface area contributed by atoms with Gasteiger partial charge in [-0.25, -0.2) is 4.79 Å². The number of pyridine rings is 1. The Balaban J connectivity index is 1.83. The molecule has 0 saturated carbocycles. The molecule has 0 aliphatic rings. The number of nitrogens with one attached hydrogen (secondary N) is 1. The lowest BCUT2D eigenvalue weighted by Crippen LogP contribution is -2.42. The van der Waals surface area contributed by atoms with Crippen LogP contribution in [-0.4, -0.2) is 41.7 Å². The monoisotopic (exact) mass is 329 g/mol. The number of carbonyl (C=O) groups is 1. The molecule has 1 heterocycles. The Bertz CT molecular complexity index is 707. The van der Waals surface area contributed by atoms with Gasteiger partial charge in [-0.2, -0.15) is 0 Å². The van der Waals surface area contributed by atoms with Crippen molar-refractivity contribution in [2.45, 2.75) is 39.7 Å². The van der Waals surface area contributed by atoms with Crippen LogP contribution in [0.1, 0.15) is 32.9 Å². The lowest BCUT2D eigenvalue weighted by molar-refractivity contribution is 0.0811. The zero-order valence-electron chi connectivity index (χ0n) is 15.2. The normalized spacial score (nSPS) is 11.4. The minimum atomic E-state index is -0.287. The Labute approximate surface area is 144 Å². The first-order chi connectivity index (χ1) is 11.3. The van der Waals surface area contributed by atoms with Crippen LogP contribution >= 0.6 is 0 Å². The van der Waals surface area contributed by atoms with Gasteiger partial charge in [-0.1, -0.05) is 18.2 Å². The summed E-state index contributed by atoms with van der Waals surface area (Å²) in [6.07, 6.45) is 0.455. The van der Waals surface area contributed by atoms with Crippen molar-refractivity contribution < 1.29 is 9.53 Å². The van der Waals surface area contributed by atoms with Crippen LogP contribution in [0.25, 0.3) is 10.9 Å². The average Bonchev–Trinajstić information content (AvgIpc) is 2.53. The topological polar surface area (TPSA) is 54.5 Å². The highest BCUT2D eigenvalue weighted by molar-refractivity contribution is 5.90. The van der Waals surface area contributed by atoms with Gasteiger partial charge < -0.3 is 15.0 Å². The maximum Gasteiger partial charge on any atom is 0.409 e. The number of fused-ring (bicyclic) bond motifs is 1. The summed E-state index contributed by atoms with van der Waals surface area (Å²) in [6.45, 7) is 9.04. The van der Waals surface area contributed by atoms with Crippen LogP contribution in [0.4, 0.5) is 10.5 Å². The summed E-state index contributed by atoms with van der Waals surface area (Å²) in [5, 5.41) is 4.50. The quantitative estimate of drug-likeness (QED) is 0.835. The van der Waals surface area contributed by atoms with Crippen molar-refractivity contribution in [3.05, 3.63) is 36.0 Å². The first-order valence-corrected chi connectivity index (χ1v) is 8.30. The number of aryl methyl sites for hydroxylation is 1. The third kappa shape index (κ3) is 4.60. The summed E-state index contributed by atoms with van der Waals surface area (Å²) in [7, 11) is 1.75. The van der Waals surface area contributed by atoms with E-state index in [2.05, 4.69) is 22.4 Å². The predicted octanol–water partition coefficient (Wildman–Crippen LogP) is 4.21. The lowest BCUT2D eigenvalue weighted by atomic mass is 10.1. The summed E-state index contributed by atoms with van der Waals surface area (Å²) in [5.41, 5.74) is 2.74. The number of para-hydroxylation sites is 1. The van der Waals surface area contributed by atoms with E-state index in [0.29, 0.717) is 6.61 Å². The van der Waals surface area contributed by atoms with Gasteiger partial charge in [-0.3, -0.25) is 4.98 Å². The lowest BCUT2D eigenvalue weighted by Gasteiger charge is -2.30. The molecule has 0 aliphatic carbocycles. The number of hydrogen-bond donors (Lipinski definition) is 1. The molecule has 2 rings (SSSR count). The molecule has 0 aliphatic heterocycles. The Hall–Kier alpha value is -2.30. The number of nitrogens with zero attached hydrogens (tertiary/aromatic N) is 2. The van der Waals surface area contributed by atoms with Gasteiger partial charge >= 0.3 is 6.09 Å². The Morgan fingerprint density at radius 2 is 2.00 bits per heavy atom. The molecule has 5 heteroatoms.